The summed E-state index contributed by atoms with van der Waals surface area (Å²) in [7, 11) is 1.54. The van der Waals surface area contributed by atoms with Crippen LogP contribution < -0.4 is 15.4 Å². The number of methoxy groups -OCH3 is 1. The Bertz CT molecular complexity index is 812. The molecule has 1 fully saturated rings. The molecule has 2 atom stereocenters. The van der Waals surface area contributed by atoms with Crippen molar-refractivity contribution >= 4 is 5.91 Å². The van der Waals surface area contributed by atoms with Crippen LogP contribution in [0.25, 0.3) is 0 Å². The van der Waals surface area contributed by atoms with Crippen molar-refractivity contribution in [3.63, 3.8) is 0 Å². The standard InChI is InChI=1S/C19H21F3N4O2/c1-28-17-4-2-3-13(26-17)7-8-24-18(27)15-11-23-10-14(15)12-5-6-16(25-9-12)19(20,21)22/h2-6,9,14-15,23H,7-8,10-11H2,1H3,(H,24,27)/t14-,15+/m0/s1. The normalized spacial score (nSPS) is 19.4. The predicted molar refractivity (Wildman–Crippen MR) is 95.8 cm³/mol. The molecule has 0 aliphatic carbocycles. The lowest BCUT2D eigenvalue weighted by molar-refractivity contribution is -0.141. The number of carbonyl (C=O) groups excluding carboxylic acids is 1. The molecule has 3 rings (SSSR count). The molecule has 1 aliphatic heterocycles. The van der Waals surface area contributed by atoms with Gasteiger partial charge in [-0.15, -0.1) is 0 Å². The van der Waals surface area contributed by atoms with Crippen LogP contribution in [0.5, 0.6) is 5.88 Å². The van der Waals surface area contributed by atoms with Crippen molar-refractivity contribution in [2.24, 2.45) is 5.92 Å². The smallest absolute Gasteiger partial charge is 0.433 e. The van der Waals surface area contributed by atoms with E-state index >= 15 is 0 Å². The number of nitrogens with one attached hydrogen (secondary N) is 2. The number of aromatic nitrogens is 2. The number of amides is 1. The van der Waals surface area contributed by atoms with Crippen molar-refractivity contribution in [2.45, 2.75) is 18.5 Å². The van der Waals surface area contributed by atoms with Crippen LogP contribution in [-0.2, 0) is 17.4 Å². The van der Waals surface area contributed by atoms with Crippen molar-refractivity contribution in [3.05, 3.63) is 53.5 Å². The highest BCUT2D eigenvalue weighted by atomic mass is 19.4. The molecule has 3 heterocycles. The van der Waals surface area contributed by atoms with Gasteiger partial charge in [0.2, 0.25) is 11.8 Å². The van der Waals surface area contributed by atoms with Gasteiger partial charge in [-0.2, -0.15) is 13.2 Å². The zero-order valence-corrected chi connectivity index (χ0v) is 15.3. The van der Waals surface area contributed by atoms with E-state index in [0.717, 1.165) is 11.8 Å². The summed E-state index contributed by atoms with van der Waals surface area (Å²) in [6.07, 6.45) is -2.71. The molecule has 1 aliphatic rings. The topological polar surface area (TPSA) is 76.1 Å². The highest BCUT2D eigenvalue weighted by Gasteiger charge is 2.36. The Kier molecular flexibility index (Phi) is 6.13. The summed E-state index contributed by atoms with van der Waals surface area (Å²) in [5.74, 6) is -0.210. The Morgan fingerprint density at radius 3 is 2.79 bits per heavy atom. The molecule has 2 aromatic heterocycles. The first kappa shape index (κ1) is 20.1. The lowest BCUT2D eigenvalue weighted by Gasteiger charge is -2.19. The van der Waals surface area contributed by atoms with E-state index in [0.29, 0.717) is 37.5 Å². The average molecular weight is 394 g/mol. The molecule has 0 saturated carbocycles. The summed E-state index contributed by atoms with van der Waals surface area (Å²) in [5, 5.41) is 6.02. The largest absolute Gasteiger partial charge is 0.481 e. The van der Waals surface area contributed by atoms with E-state index in [9.17, 15) is 18.0 Å². The highest BCUT2D eigenvalue weighted by Crippen LogP contribution is 2.31. The maximum atomic E-state index is 12.7. The number of hydrogen-bond acceptors (Lipinski definition) is 5. The van der Waals surface area contributed by atoms with Gasteiger partial charge in [0.05, 0.1) is 13.0 Å². The molecule has 2 aromatic rings. The van der Waals surface area contributed by atoms with E-state index in [1.807, 2.05) is 12.1 Å². The van der Waals surface area contributed by atoms with Crippen molar-refractivity contribution in [1.82, 2.24) is 20.6 Å². The molecule has 150 valence electrons. The molecule has 0 radical (unpaired) electrons. The molecule has 1 amide bonds. The predicted octanol–water partition coefficient (Wildman–Crippen LogP) is 2.17. The Labute approximate surface area is 160 Å². The summed E-state index contributed by atoms with van der Waals surface area (Å²) in [6.45, 7) is 1.39. The van der Waals surface area contributed by atoms with Crippen molar-refractivity contribution in [3.8, 4) is 5.88 Å². The second kappa shape index (κ2) is 8.55. The Morgan fingerprint density at radius 2 is 2.11 bits per heavy atom. The first-order valence-electron chi connectivity index (χ1n) is 8.90. The molecule has 6 nitrogen and oxygen atoms in total. The van der Waals surface area contributed by atoms with E-state index < -0.39 is 11.9 Å². The van der Waals surface area contributed by atoms with Crippen LogP contribution in [0.1, 0.15) is 22.9 Å². The minimum atomic E-state index is -4.47. The Morgan fingerprint density at radius 1 is 1.29 bits per heavy atom. The third kappa shape index (κ3) is 4.78. The number of nitrogens with zero attached hydrogens (tertiary/aromatic N) is 2. The number of pyridine rings is 2. The van der Waals surface area contributed by atoms with Gasteiger partial charge in [0.15, 0.2) is 0 Å². The molecule has 28 heavy (non-hydrogen) atoms. The molecule has 0 spiro atoms. The van der Waals surface area contributed by atoms with Gasteiger partial charge in [-0.3, -0.25) is 9.78 Å². The van der Waals surface area contributed by atoms with E-state index in [4.69, 9.17) is 4.74 Å². The van der Waals surface area contributed by atoms with Gasteiger partial charge in [0.25, 0.3) is 0 Å². The summed E-state index contributed by atoms with van der Waals surface area (Å²) >= 11 is 0. The van der Waals surface area contributed by atoms with Crippen molar-refractivity contribution in [1.29, 1.82) is 0 Å². The van der Waals surface area contributed by atoms with Crippen LogP contribution in [0.4, 0.5) is 13.2 Å². The minimum Gasteiger partial charge on any atom is -0.481 e. The maximum absolute atomic E-state index is 12.7. The second-order valence-corrected chi connectivity index (χ2v) is 6.56. The third-order valence-corrected chi connectivity index (χ3v) is 4.73. The van der Waals surface area contributed by atoms with Gasteiger partial charge < -0.3 is 15.4 Å². The lowest BCUT2D eigenvalue weighted by atomic mass is 9.89. The summed E-state index contributed by atoms with van der Waals surface area (Å²) < 4.78 is 43.1. The molecule has 0 unspecified atom stereocenters. The minimum absolute atomic E-state index is 0.141. The van der Waals surface area contributed by atoms with Gasteiger partial charge in [0.1, 0.15) is 5.69 Å². The highest BCUT2D eigenvalue weighted by molar-refractivity contribution is 5.80. The zero-order chi connectivity index (χ0) is 20.1. The molecule has 0 bridgehead atoms. The summed E-state index contributed by atoms with van der Waals surface area (Å²) in [5.41, 5.74) is 0.481. The summed E-state index contributed by atoms with van der Waals surface area (Å²) in [6, 6.07) is 7.78. The number of hydrogen-bond donors (Lipinski definition) is 2. The van der Waals surface area contributed by atoms with Crippen LogP contribution in [0.2, 0.25) is 0 Å². The van der Waals surface area contributed by atoms with Gasteiger partial charge in [0, 0.05) is 49.9 Å². The van der Waals surface area contributed by atoms with E-state index in [-0.39, 0.29) is 17.7 Å². The van der Waals surface area contributed by atoms with Crippen molar-refractivity contribution in [2.75, 3.05) is 26.7 Å². The fourth-order valence-corrected chi connectivity index (χ4v) is 3.25. The molecular weight excluding hydrogens is 373 g/mol. The number of carbonyl (C=O) groups is 1. The van der Waals surface area contributed by atoms with Crippen LogP contribution >= 0.6 is 0 Å². The molecule has 0 aromatic carbocycles. The van der Waals surface area contributed by atoms with Crippen LogP contribution in [0.15, 0.2) is 36.5 Å². The number of alkyl halides is 3. The maximum Gasteiger partial charge on any atom is 0.433 e. The van der Waals surface area contributed by atoms with Gasteiger partial charge >= 0.3 is 6.18 Å². The molecule has 2 N–H and O–H groups in total. The molecule has 1 saturated heterocycles. The number of rotatable bonds is 6. The van der Waals surface area contributed by atoms with Gasteiger partial charge in [-0.1, -0.05) is 12.1 Å². The van der Waals surface area contributed by atoms with Gasteiger partial charge in [-0.05, 0) is 17.7 Å². The second-order valence-electron chi connectivity index (χ2n) is 6.56. The number of halogens is 3. The van der Waals surface area contributed by atoms with E-state index in [2.05, 4.69) is 20.6 Å². The molecule has 9 heteroatoms. The van der Waals surface area contributed by atoms with Gasteiger partial charge in [-0.25, -0.2) is 4.98 Å². The van der Waals surface area contributed by atoms with Crippen molar-refractivity contribution < 1.29 is 22.7 Å². The number of ether oxygens (including phenoxy) is 1. The lowest BCUT2D eigenvalue weighted by Crippen LogP contribution is -2.35. The third-order valence-electron chi connectivity index (χ3n) is 4.73. The fourth-order valence-electron chi connectivity index (χ4n) is 3.25. The monoisotopic (exact) mass is 394 g/mol. The quantitative estimate of drug-likeness (QED) is 0.785. The van der Waals surface area contributed by atoms with Crippen LogP contribution in [0, 0.1) is 5.92 Å². The van der Waals surface area contributed by atoms with E-state index in [1.54, 1.807) is 6.07 Å². The Balaban J connectivity index is 1.58. The summed E-state index contributed by atoms with van der Waals surface area (Å²) in [4.78, 5) is 20.4. The average Bonchev–Trinajstić information content (AvgIpc) is 3.17. The fraction of sp³-hybridized carbons (Fsp3) is 0.421. The first-order chi connectivity index (χ1) is 13.4. The SMILES string of the molecule is COc1cccc(CCNC(=O)[C@@H]2CNC[C@H]2c2ccc(C(F)(F)F)nc2)n1. The first-order valence-corrected chi connectivity index (χ1v) is 8.90. The Hall–Kier alpha value is -2.68. The zero-order valence-electron chi connectivity index (χ0n) is 15.3. The molecular formula is C19H21F3N4O2. The van der Waals surface area contributed by atoms with Crippen LogP contribution in [-0.4, -0.2) is 42.6 Å². The van der Waals surface area contributed by atoms with Crippen LogP contribution in [0.3, 0.4) is 0 Å². The van der Waals surface area contributed by atoms with E-state index in [1.165, 1.54) is 19.4 Å².